The van der Waals surface area contributed by atoms with Crippen molar-refractivity contribution in [2.24, 2.45) is 5.73 Å². The zero-order valence-electron chi connectivity index (χ0n) is 12.2. The van der Waals surface area contributed by atoms with Crippen LogP contribution in [-0.2, 0) is 4.79 Å². The quantitative estimate of drug-likeness (QED) is 0.788. The fraction of sp³-hybridized carbons (Fsp3) is 0.267. The van der Waals surface area contributed by atoms with Crippen molar-refractivity contribution in [2.45, 2.75) is 19.4 Å². The summed E-state index contributed by atoms with van der Waals surface area (Å²) in [4.78, 5) is 28.2. The van der Waals surface area contributed by atoms with E-state index in [0.717, 1.165) is 0 Å². The molecule has 0 saturated heterocycles. The molecule has 1 heterocycles. The monoisotopic (exact) mass is 286 g/mol. The zero-order chi connectivity index (χ0) is 15.6. The van der Waals surface area contributed by atoms with E-state index < -0.39 is 11.4 Å². The van der Waals surface area contributed by atoms with E-state index in [0.29, 0.717) is 22.3 Å². The summed E-state index contributed by atoms with van der Waals surface area (Å²) in [5, 5.41) is 6.28. The topological polar surface area (TPSA) is 97.1 Å². The van der Waals surface area contributed by atoms with Crippen LogP contribution in [0.2, 0.25) is 0 Å². The standard InChI is InChI=1S/C15H18N4O2/c1-15(2,14(16)21)19-13(20)10-8-12(17-3)18-11-7-5-4-6-9(10)11/h4-8H,1-3H3,(H2,16,21)(H,17,18)(H,19,20). The summed E-state index contributed by atoms with van der Waals surface area (Å²) in [5.74, 6) is -0.382. The van der Waals surface area contributed by atoms with E-state index >= 15 is 0 Å². The molecule has 1 aromatic carbocycles. The Kier molecular flexibility index (Phi) is 3.80. The van der Waals surface area contributed by atoms with Crippen LogP contribution in [0.1, 0.15) is 24.2 Å². The predicted octanol–water partition coefficient (Wildman–Crippen LogP) is 1.27. The van der Waals surface area contributed by atoms with Crippen LogP contribution >= 0.6 is 0 Å². The maximum atomic E-state index is 12.5. The lowest BCUT2D eigenvalue weighted by molar-refractivity contribution is -0.122. The lowest BCUT2D eigenvalue weighted by Crippen LogP contribution is -2.53. The number of carbonyl (C=O) groups excluding carboxylic acids is 2. The number of carbonyl (C=O) groups is 2. The summed E-state index contributed by atoms with van der Waals surface area (Å²) in [5.41, 5.74) is 5.31. The molecule has 0 aliphatic heterocycles. The fourth-order valence-corrected chi connectivity index (χ4v) is 1.90. The number of hydrogen-bond donors (Lipinski definition) is 3. The maximum absolute atomic E-state index is 12.5. The minimum atomic E-state index is -1.12. The minimum Gasteiger partial charge on any atom is -0.373 e. The molecule has 2 amide bonds. The molecular weight excluding hydrogens is 268 g/mol. The highest BCUT2D eigenvalue weighted by atomic mass is 16.2. The second-order valence-electron chi connectivity index (χ2n) is 5.27. The third-order valence-corrected chi connectivity index (χ3v) is 3.26. The molecule has 0 saturated carbocycles. The highest BCUT2D eigenvalue weighted by Crippen LogP contribution is 2.21. The van der Waals surface area contributed by atoms with Crippen LogP contribution in [0.25, 0.3) is 10.9 Å². The maximum Gasteiger partial charge on any atom is 0.252 e. The molecule has 0 spiro atoms. The van der Waals surface area contributed by atoms with Crippen molar-refractivity contribution in [3.63, 3.8) is 0 Å². The van der Waals surface area contributed by atoms with E-state index in [1.54, 1.807) is 27.0 Å². The summed E-state index contributed by atoms with van der Waals surface area (Å²) in [6.07, 6.45) is 0. The van der Waals surface area contributed by atoms with Gasteiger partial charge in [-0.25, -0.2) is 4.98 Å². The lowest BCUT2D eigenvalue weighted by atomic mass is 10.0. The molecule has 21 heavy (non-hydrogen) atoms. The number of amides is 2. The van der Waals surface area contributed by atoms with E-state index in [1.165, 1.54) is 0 Å². The summed E-state index contributed by atoms with van der Waals surface area (Å²) in [6, 6.07) is 8.97. The van der Waals surface area contributed by atoms with Crippen LogP contribution in [0.3, 0.4) is 0 Å². The molecule has 4 N–H and O–H groups in total. The van der Waals surface area contributed by atoms with Crippen molar-refractivity contribution in [2.75, 3.05) is 12.4 Å². The number of hydrogen-bond acceptors (Lipinski definition) is 4. The van der Waals surface area contributed by atoms with Gasteiger partial charge in [-0.15, -0.1) is 0 Å². The number of nitrogens with zero attached hydrogens (tertiary/aromatic N) is 1. The van der Waals surface area contributed by atoms with E-state index in [2.05, 4.69) is 15.6 Å². The molecule has 0 fully saturated rings. The van der Waals surface area contributed by atoms with Gasteiger partial charge < -0.3 is 16.4 Å². The number of rotatable bonds is 4. The smallest absolute Gasteiger partial charge is 0.252 e. The molecule has 0 unspecified atom stereocenters. The lowest BCUT2D eigenvalue weighted by Gasteiger charge is -2.22. The van der Waals surface area contributed by atoms with Crippen LogP contribution < -0.4 is 16.4 Å². The normalized spacial score (nSPS) is 11.2. The number of nitrogens with two attached hydrogens (primary N) is 1. The second-order valence-corrected chi connectivity index (χ2v) is 5.27. The molecule has 0 aliphatic rings. The molecule has 6 nitrogen and oxygen atoms in total. The SMILES string of the molecule is CNc1cc(C(=O)NC(C)(C)C(N)=O)c2ccccc2n1. The van der Waals surface area contributed by atoms with Crippen LogP contribution in [-0.4, -0.2) is 29.4 Å². The minimum absolute atomic E-state index is 0.367. The molecule has 2 aromatic rings. The van der Waals surface area contributed by atoms with Gasteiger partial charge in [0.25, 0.3) is 5.91 Å². The van der Waals surface area contributed by atoms with Gasteiger partial charge in [0, 0.05) is 12.4 Å². The fourth-order valence-electron chi connectivity index (χ4n) is 1.90. The van der Waals surface area contributed by atoms with Crippen LogP contribution in [0, 0.1) is 0 Å². The number of benzene rings is 1. The second kappa shape index (κ2) is 5.40. The average Bonchev–Trinajstić information content (AvgIpc) is 2.45. The molecule has 1 aromatic heterocycles. The Balaban J connectivity index is 2.50. The average molecular weight is 286 g/mol. The van der Waals surface area contributed by atoms with Crippen molar-refractivity contribution in [1.29, 1.82) is 0 Å². The first kappa shape index (κ1) is 14.8. The summed E-state index contributed by atoms with van der Waals surface area (Å²) < 4.78 is 0. The van der Waals surface area contributed by atoms with E-state index in [4.69, 9.17) is 5.73 Å². The highest BCUT2D eigenvalue weighted by Gasteiger charge is 2.28. The van der Waals surface area contributed by atoms with Gasteiger partial charge in [-0.3, -0.25) is 9.59 Å². The Morgan fingerprint density at radius 2 is 1.90 bits per heavy atom. The number of para-hydroxylation sites is 1. The molecule has 0 bridgehead atoms. The van der Waals surface area contributed by atoms with E-state index in [1.807, 2.05) is 24.3 Å². The van der Waals surface area contributed by atoms with Crippen LogP contribution in [0.4, 0.5) is 5.82 Å². The van der Waals surface area contributed by atoms with Crippen molar-refractivity contribution in [3.05, 3.63) is 35.9 Å². The third-order valence-electron chi connectivity index (χ3n) is 3.26. The Labute approximate surface area is 122 Å². The summed E-state index contributed by atoms with van der Waals surface area (Å²) in [6.45, 7) is 3.13. The van der Waals surface area contributed by atoms with Gasteiger partial charge in [0.15, 0.2) is 0 Å². The van der Waals surface area contributed by atoms with Gasteiger partial charge >= 0.3 is 0 Å². The van der Waals surface area contributed by atoms with Gasteiger partial charge in [-0.05, 0) is 26.0 Å². The first-order chi connectivity index (χ1) is 9.85. The van der Waals surface area contributed by atoms with E-state index in [9.17, 15) is 9.59 Å². The number of anilines is 1. The van der Waals surface area contributed by atoms with Gasteiger partial charge in [-0.1, -0.05) is 18.2 Å². The molecule has 0 atom stereocenters. The molecule has 6 heteroatoms. The molecule has 0 aliphatic carbocycles. The number of primary amides is 1. The third kappa shape index (κ3) is 2.94. The molecule has 110 valence electrons. The summed E-state index contributed by atoms with van der Waals surface area (Å²) >= 11 is 0. The van der Waals surface area contributed by atoms with Crippen molar-refractivity contribution in [1.82, 2.24) is 10.3 Å². The number of nitrogens with one attached hydrogen (secondary N) is 2. The Hall–Kier alpha value is -2.63. The largest absolute Gasteiger partial charge is 0.373 e. The molecule has 0 radical (unpaired) electrons. The van der Waals surface area contributed by atoms with Crippen LogP contribution in [0.15, 0.2) is 30.3 Å². The Morgan fingerprint density at radius 1 is 1.24 bits per heavy atom. The van der Waals surface area contributed by atoms with Gasteiger partial charge in [0.1, 0.15) is 11.4 Å². The van der Waals surface area contributed by atoms with Crippen LogP contribution in [0.5, 0.6) is 0 Å². The highest BCUT2D eigenvalue weighted by molar-refractivity contribution is 6.08. The van der Waals surface area contributed by atoms with Crippen molar-refractivity contribution < 1.29 is 9.59 Å². The zero-order valence-corrected chi connectivity index (χ0v) is 12.2. The first-order valence-corrected chi connectivity index (χ1v) is 6.55. The predicted molar refractivity (Wildman–Crippen MR) is 82.0 cm³/mol. The summed E-state index contributed by atoms with van der Waals surface area (Å²) in [7, 11) is 1.73. The van der Waals surface area contributed by atoms with Crippen molar-refractivity contribution in [3.8, 4) is 0 Å². The van der Waals surface area contributed by atoms with Gasteiger partial charge in [0.05, 0.1) is 11.1 Å². The molecular formula is C15H18N4O2. The van der Waals surface area contributed by atoms with Crippen molar-refractivity contribution >= 4 is 28.5 Å². The Bertz CT molecular complexity index is 710. The number of aromatic nitrogens is 1. The van der Waals surface area contributed by atoms with Gasteiger partial charge in [0.2, 0.25) is 5.91 Å². The molecule has 2 rings (SSSR count). The van der Waals surface area contributed by atoms with Gasteiger partial charge in [-0.2, -0.15) is 0 Å². The first-order valence-electron chi connectivity index (χ1n) is 6.55. The Morgan fingerprint density at radius 3 is 2.52 bits per heavy atom. The van der Waals surface area contributed by atoms with E-state index in [-0.39, 0.29) is 5.91 Å². The number of pyridine rings is 1. The number of fused-ring (bicyclic) bond motifs is 1.